The molecule has 92 valence electrons. The van der Waals surface area contributed by atoms with Gasteiger partial charge < -0.3 is 4.74 Å². The molecule has 17 heavy (non-hydrogen) atoms. The fraction of sp³-hybridized carbons (Fsp3) is 0.500. The number of rotatable bonds is 3. The van der Waals surface area contributed by atoms with Crippen LogP contribution < -0.4 is 0 Å². The Bertz CT molecular complexity index is 404. The predicted octanol–water partition coefficient (Wildman–Crippen LogP) is 3.52. The molecule has 2 rings (SSSR count). The third kappa shape index (κ3) is 2.96. The molecule has 1 aromatic rings. The first-order chi connectivity index (χ1) is 8.15. The van der Waals surface area contributed by atoms with Crippen LogP contribution in [-0.4, -0.2) is 18.5 Å². The van der Waals surface area contributed by atoms with E-state index < -0.39 is 0 Å². The lowest BCUT2D eigenvalue weighted by atomic mass is 9.80. The molecule has 1 fully saturated rings. The molecule has 0 spiro atoms. The fourth-order valence-corrected chi connectivity index (χ4v) is 2.85. The van der Waals surface area contributed by atoms with E-state index in [1.54, 1.807) is 7.11 Å². The number of methoxy groups -OCH3 is 1. The second-order valence-electron chi connectivity index (χ2n) is 4.69. The maximum Gasteiger partial charge on any atom is 0.133 e. The minimum absolute atomic E-state index is 0.155. The lowest BCUT2D eigenvalue weighted by molar-refractivity contribution is -0.127. The SMILES string of the molecule is COC1(Cc2ccccc2Br)CCC(=O)CC1. The number of carbonyl (C=O) groups is 1. The number of hydrogen-bond donors (Lipinski definition) is 0. The molecule has 1 aromatic carbocycles. The van der Waals surface area contributed by atoms with Crippen molar-refractivity contribution in [3.05, 3.63) is 34.3 Å². The molecule has 0 heterocycles. The quantitative estimate of drug-likeness (QED) is 0.853. The molecular formula is C14H17BrO2. The van der Waals surface area contributed by atoms with Gasteiger partial charge in [-0.05, 0) is 24.5 Å². The van der Waals surface area contributed by atoms with E-state index in [4.69, 9.17) is 4.74 Å². The maximum atomic E-state index is 11.3. The van der Waals surface area contributed by atoms with Gasteiger partial charge in [-0.2, -0.15) is 0 Å². The molecule has 0 saturated heterocycles. The number of benzene rings is 1. The van der Waals surface area contributed by atoms with Crippen molar-refractivity contribution >= 4 is 21.7 Å². The van der Waals surface area contributed by atoms with Gasteiger partial charge in [0.15, 0.2) is 0 Å². The van der Waals surface area contributed by atoms with Crippen molar-refractivity contribution in [2.24, 2.45) is 0 Å². The molecule has 1 saturated carbocycles. The maximum absolute atomic E-state index is 11.3. The van der Waals surface area contributed by atoms with Crippen LogP contribution in [0, 0.1) is 0 Å². The predicted molar refractivity (Wildman–Crippen MR) is 71.1 cm³/mol. The van der Waals surface area contributed by atoms with Crippen molar-refractivity contribution in [1.82, 2.24) is 0 Å². The molecule has 0 unspecified atom stereocenters. The zero-order valence-corrected chi connectivity index (χ0v) is 11.6. The first-order valence-electron chi connectivity index (χ1n) is 5.95. The topological polar surface area (TPSA) is 26.3 Å². The van der Waals surface area contributed by atoms with Crippen LogP contribution in [0.5, 0.6) is 0 Å². The van der Waals surface area contributed by atoms with Gasteiger partial charge in [0.2, 0.25) is 0 Å². The molecule has 0 amide bonds. The summed E-state index contributed by atoms with van der Waals surface area (Å²) in [5, 5.41) is 0. The Kier molecular flexibility index (Phi) is 4.00. The van der Waals surface area contributed by atoms with Crippen molar-refractivity contribution in [2.75, 3.05) is 7.11 Å². The third-order valence-electron chi connectivity index (χ3n) is 3.62. The second-order valence-corrected chi connectivity index (χ2v) is 5.55. The van der Waals surface area contributed by atoms with Gasteiger partial charge in [-0.1, -0.05) is 34.1 Å². The van der Waals surface area contributed by atoms with Crippen molar-refractivity contribution in [2.45, 2.75) is 37.7 Å². The van der Waals surface area contributed by atoms with E-state index in [1.165, 1.54) is 5.56 Å². The van der Waals surface area contributed by atoms with E-state index in [0.29, 0.717) is 18.6 Å². The van der Waals surface area contributed by atoms with Crippen LogP contribution >= 0.6 is 15.9 Å². The summed E-state index contributed by atoms with van der Waals surface area (Å²) in [4.78, 5) is 11.3. The minimum atomic E-state index is -0.155. The van der Waals surface area contributed by atoms with E-state index in [0.717, 1.165) is 23.7 Å². The standard InChI is InChI=1S/C14H17BrO2/c1-17-14(8-6-12(16)7-9-14)10-11-4-2-3-5-13(11)15/h2-5H,6-10H2,1H3. The molecule has 0 radical (unpaired) electrons. The number of hydrogen-bond acceptors (Lipinski definition) is 2. The lowest BCUT2D eigenvalue weighted by Crippen LogP contribution is -2.38. The highest BCUT2D eigenvalue weighted by atomic mass is 79.9. The minimum Gasteiger partial charge on any atom is -0.378 e. The summed E-state index contributed by atoms with van der Waals surface area (Å²) in [5.41, 5.74) is 1.10. The molecule has 0 bridgehead atoms. The summed E-state index contributed by atoms with van der Waals surface area (Å²) in [6, 6.07) is 8.21. The summed E-state index contributed by atoms with van der Waals surface area (Å²) in [7, 11) is 1.76. The summed E-state index contributed by atoms with van der Waals surface area (Å²) < 4.78 is 6.83. The molecule has 0 atom stereocenters. The van der Waals surface area contributed by atoms with Crippen molar-refractivity contribution < 1.29 is 9.53 Å². The van der Waals surface area contributed by atoms with Gasteiger partial charge >= 0.3 is 0 Å². The first-order valence-corrected chi connectivity index (χ1v) is 6.75. The number of ketones is 1. The van der Waals surface area contributed by atoms with Crippen LogP contribution in [0.2, 0.25) is 0 Å². The molecular weight excluding hydrogens is 280 g/mol. The summed E-state index contributed by atoms with van der Waals surface area (Å²) >= 11 is 3.57. The lowest BCUT2D eigenvalue weighted by Gasteiger charge is -2.35. The molecule has 0 N–H and O–H groups in total. The first kappa shape index (κ1) is 12.8. The van der Waals surface area contributed by atoms with E-state index in [-0.39, 0.29) is 5.60 Å². The Labute approximate surface area is 110 Å². The molecule has 1 aliphatic carbocycles. The monoisotopic (exact) mass is 296 g/mol. The van der Waals surface area contributed by atoms with Gasteiger partial charge in [0.05, 0.1) is 5.60 Å². The van der Waals surface area contributed by atoms with Crippen molar-refractivity contribution in [3.63, 3.8) is 0 Å². The average Bonchev–Trinajstić information content (AvgIpc) is 2.35. The van der Waals surface area contributed by atoms with Gasteiger partial charge in [0, 0.05) is 30.8 Å². The molecule has 3 heteroatoms. The molecule has 2 nitrogen and oxygen atoms in total. The summed E-state index contributed by atoms with van der Waals surface area (Å²) in [5.74, 6) is 0.366. The Morgan fingerprint density at radius 1 is 1.29 bits per heavy atom. The van der Waals surface area contributed by atoms with Gasteiger partial charge in [-0.3, -0.25) is 4.79 Å². The van der Waals surface area contributed by atoms with E-state index in [1.807, 2.05) is 18.2 Å². The van der Waals surface area contributed by atoms with Crippen LogP contribution in [0.3, 0.4) is 0 Å². The number of Topliss-reactive ketones (excluding diaryl/α,β-unsaturated/α-hetero) is 1. The van der Waals surface area contributed by atoms with E-state index in [9.17, 15) is 4.79 Å². The molecule has 0 aromatic heterocycles. The average molecular weight is 297 g/mol. The summed E-state index contributed by atoms with van der Waals surface area (Å²) in [6.45, 7) is 0. The van der Waals surface area contributed by atoms with Crippen LogP contribution in [-0.2, 0) is 16.0 Å². The Morgan fingerprint density at radius 2 is 1.94 bits per heavy atom. The van der Waals surface area contributed by atoms with E-state index >= 15 is 0 Å². The van der Waals surface area contributed by atoms with Crippen LogP contribution in [0.15, 0.2) is 28.7 Å². The number of halogens is 1. The van der Waals surface area contributed by atoms with Crippen molar-refractivity contribution in [3.8, 4) is 0 Å². The fourth-order valence-electron chi connectivity index (χ4n) is 2.43. The van der Waals surface area contributed by atoms with Crippen molar-refractivity contribution in [1.29, 1.82) is 0 Å². The Hall–Kier alpha value is -0.670. The van der Waals surface area contributed by atoms with E-state index in [2.05, 4.69) is 22.0 Å². The Balaban J connectivity index is 2.15. The smallest absolute Gasteiger partial charge is 0.133 e. The van der Waals surface area contributed by atoms with Crippen LogP contribution in [0.25, 0.3) is 0 Å². The normalized spacial score (nSPS) is 19.3. The highest BCUT2D eigenvalue weighted by Gasteiger charge is 2.35. The molecule has 1 aliphatic rings. The zero-order valence-electron chi connectivity index (χ0n) is 10.0. The third-order valence-corrected chi connectivity index (χ3v) is 4.40. The van der Waals surface area contributed by atoms with Crippen LogP contribution in [0.4, 0.5) is 0 Å². The van der Waals surface area contributed by atoms with Crippen LogP contribution in [0.1, 0.15) is 31.2 Å². The number of ether oxygens (including phenoxy) is 1. The highest BCUT2D eigenvalue weighted by molar-refractivity contribution is 9.10. The van der Waals surface area contributed by atoms with Gasteiger partial charge in [-0.15, -0.1) is 0 Å². The summed E-state index contributed by atoms with van der Waals surface area (Å²) in [6.07, 6.45) is 3.85. The highest BCUT2D eigenvalue weighted by Crippen LogP contribution is 2.34. The van der Waals surface area contributed by atoms with Gasteiger partial charge in [-0.25, -0.2) is 0 Å². The second kappa shape index (κ2) is 5.32. The van der Waals surface area contributed by atoms with Gasteiger partial charge in [0.1, 0.15) is 5.78 Å². The molecule has 0 aliphatic heterocycles. The Morgan fingerprint density at radius 3 is 2.53 bits per heavy atom. The largest absolute Gasteiger partial charge is 0.378 e. The number of carbonyl (C=O) groups excluding carboxylic acids is 1. The van der Waals surface area contributed by atoms with Gasteiger partial charge in [0.25, 0.3) is 0 Å². The zero-order chi connectivity index (χ0) is 12.3.